The standard InChI is InChI=1S/C14H22ClNO2/c1-4-8-18-14-7-6-12(9-13(14)15)16-11(5-2)10-17-3/h6-7,9,11,16H,4-5,8,10H2,1-3H3. The van der Waals surface area contributed by atoms with Gasteiger partial charge in [-0.05, 0) is 31.0 Å². The monoisotopic (exact) mass is 271 g/mol. The van der Waals surface area contributed by atoms with Crippen LogP contribution < -0.4 is 10.1 Å². The molecule has 1 N–H and O–H groups in total. The van der Waals surface area contributed by atoms with Crippen molar-refractivity contribution in [2.45, 2.75) is 32.7 Å². The maximum absolute atomic E-state index is 6.17. The van der Waals surface area contributed by atoms with Gasteiger partial charge in [-0.2, -0.15) is 0 Å². The quantitative estimate of drug-likeness (QED) is 0.776. The molecule has 0 heterocycles. The maximum Gasteiger partial charge on any atom is 0.138 e. The minimum Gasteiger partial charge on any atom is -0.492 e. The average molecular weight is 272 g/mol. The highest BCUT2D eigenvalue weighted by Gasteiger charge is 2.07. The smallest absolute Gasteiger partial charge is 0.138 e. The Labute approximate surface area is 114 Å². The molecule has 0 aliphatic rings. The Morgan fingerprint density at radius 2 is 2.11 bits per heavy atom. The van der Waals surface area contributed by atoms with Crippen molar-refractivity contribution >= 4 is 17.3 Å². The molecule has 0 aliphatic heterocycles. The van der Waals surface area contributed by atoms with E-state index in [1.807, 2.05) is 18.2 Å². The first kappa shape index (κ1) is 15.1. The molecule has 0 saturated carbocycles. The van der Waals surface area contributed by atoms with Crippen molar-refractivity contribution in [3.63, 3.8) is 0 Å². The summed E-state index contributed by atoms with van der Waals surface area (Å²) in [5.74, 6) is 0.740. The number of benzene rings is 1. The summed E-state index contributed by atoms with van der Waals surface area (Å²) in [5, 5.41) is 4.03. The molecule has 1 aromatic carbocycles. The first-order valence-corrected chi connectivity index (χ1v) is 6.76. The summed E-state index contributed by atoms with van der Waals surface area (Å²) in [6.07, 6.45) is 1.97. The van der Waals surface area contributed by atoms with Crippen molar-refractivity contribution in [1.29, 1.82) is 0 Å². The fraction of sp³-hybridized carbons (Fsp3) is 0.571. The first-order chi connectivity index (χ1) is 8.71. The van der Waals surface area contributed by atoms with Crippen LogP contribution in [0.2, 0.25) is 5.02 Å². The van der Waals surface area contributed by atoms with Crippen molar-refractivity contribution in [2.24, 2.45) is 0 Å². The lowest BCUT2D eigenvalue weighted by molar-refractivity contribution is 0.184. The van der Waals surface area contributed by atoms with E-state index in [-0.39, 0.29) is 0 Å². The highest BCUT2D eigenvalue weighted by atomic mass is 35.5. The van der Waals surface area contributed by atoms with E-state index >= 15 is 0 Å². The van der Waals surface area contributed by atoms with Gasteiger partial charge in [0.25, 0.3) is 0 Å². The van der Waals surface area contributed by atoms with Crippen LogP contribution in [0.3, 0.4) is 0 Å². The second-order valence-electron chi connectivity index (χ2n) is 4.20. The maximum atomic E-state index is 6.17. The minimum atomic E-state index is 0.300. The van der Waals surface area contributed by atoms with E-state index in [1.54, 1.807) is 7.11 Å². The number of halogens is 1. The predicted octanol–water partition coefficient (Wildman–Crippen LogP) is 3.97. The Kier molecular flexibility index (Phi) is 6.91. The molecular formula is C14H22ClNO2. The molecule has 1 unspecified atom stereocenters. The van der Waals surface area contributed by atoms with E-state index in [9.17, 15) is 0 Å². The van der Waals surface area contributed by atoms with Gasteiger partial charge in [0.15, 0.2) is 0 Å². The molecule has 0 spiro atoms. The minimum absolute atomic E-state index is 0.300. The fourth-order valence-corrected chi connectivity index (χ4v) is 1.85. The highest BCUT2D eigenvalue weighted by Crippen LogP contribution is 2.28. The summed E-state index contributed by atoms with van der Waals surface area (Å²) < 4.78 is 10.7. The summed E-state index contributed by atoms with van der Waals surface area (Å²) in [7, 11) is 1.71. The highest BCUT2D eigenvalue weighted by molar-refractivity contribution is 6.32. The summed E-state index contributed by atoms with van der Waals surface area (Å²) >= 11 is 6.17. The normalized spacial score (nSPS) is 12.2. The van der Waals surface area contributed by atoms with E-state index in [0.717, 1.165) is 24.3 Å². The van der Waals surface area contributed by atoms with Gasteiger partial charge in [0.2, 0.25) is 0 Å². The lowest BCUT2D eigenvalue weighted by Crippen LogP contribution is -2.23. The van der Waals surface area contributed by atoms with E-state index in [4.69, 9.17) is 21.1 Å². The molecule has 1 rings (SSSR count). The van der Waals surface area contributed by atoms with Crippen molar-refractivity contribution < 1.29 is 9.47 Å². The third-order valence-electron chi connectivity index (χ3n) is 2.63. The number of ether oxygens (including phenoxy) is 2. The first-order valence-electron chi connectivity index (χ1n) is 6.39. The average Bonchev–Trinajstić information content (AvgIpc) is 2.37. The van der Waals surface area contributed by atoms with E-state index in [1.165, 1.54) is 0 Å². The van der Waals surface area contributed by atoms with Gasteiger partial charge in [0.1, 0.15) is 5.75 Å². The Bertz CT molecular complexity index is 358. The molecule has 1 aromatic rings. The SMILES string of the molecule is CCCOc1ccc(NC(CC)COC)cc1Cl. The number of methoxy groups -OCH3 is 1. The lowest BCUT2D eigenvalue weighted by Gasteiger charge is -2.18. The molecule has 3 nitrogen and oxygen atoms in total. The van der Waals surface area contributed by atoms with Gasteiger partial charge in [0.05, 0.1) is 18.2 Å². The fourth-order valence-electron chi connectivity index (χ4n) is 1.62. The molecule has 0 saturated heterocycles. The lowest BCUT2D eigenvalue weighted by atomic mass is 10.2. The molecule has 0 aliphatic carbocycles. The molecule has 0 amide bonds. The van der Waals surface area contributed by atoms with E-state index < -0.39 is 0 Å². The molecule has 4 heteroatoms. The molecule has 18 heavy (non-hydrogen) atoms. The van der Waals surface area contributed by atoms with Gasteiger partial charge in [-0.25, -0.2) is 0 Å². The van der Waals surface area contributed by atoms with Gasteiger partial charge in [0, 0.05) is 18.8 Å². The Morgan fingerprint density at radius 1 is 1.33 bits per heavy atom. The van der Waals surface area contributed by atoms with Crippen LogP contribution in [0.4, 0.5) is 5.69 Å². The zero-order valence-electron chi connectivity index (χ0n) is 11.3. The van der Waals surface area contributed by atoms with Crippen LogP contribution in [0.1, 0.15) is 26.7 Å². The number of hydrogen-bond donors (Lipinski definition) is 1. The van der Waals surface area contributed by atoms with Crippen LogP contribution in [0.15, 0.2) is 18.2 Å². The Morgan fingerprint density at radius 3 is 2.67 bits per heavy atom. The van der Waals surface area contributed by atoms with E-state index in [0.29, 0.717) is 24.3 Å². The van der Waals surface area contributed by atoms with Gasteiger partial charge < -0.3 is 14.8 Å². The summed E-state index contributed by atoms with van der Waals surface area (Å²) in [4.78, 5) is 0. The Balaban J connectivity index is 2.65. The number of hydrogen-bond acceptors (Lipinski definition) is 3. The summed E-state index contributed by atoms with van der Waals surface area (Å²) in [6, 6.07) is 6.08. The van der Waals surface area contributed by atoms with Gasteiger partial charge in [-0.3, -0.25) is 0 Å². The van der Waals surface area contributed by atoms with Crippen LogP contribution in [0, 0.1) is 0 Å². The largest absolute Gasteiger partial charge is 0.492 e. The van der Waals surface area contributed by atoms with Crippen molar-refractivity contribution in [3.05, 3.63) is 23.2 Å². The van der Waals surface area contributed by atoms with Crippen LogP contribution >= 0.6 is 11.6 Å². The summed E-state index contributed by atoms with van der Waals surface area (Å²) in [5.41, 5.74) is 0.993. The molecule has 0 radical (unpaired) electrons. The van der Waals surface area contributed by atoms with Crippen molar-refractivity contribution in [2.75, 3.05) is 25.6 Å². The second-order valence-corrected chi connectivity index (χ2v) is 4.61. The van der Waals surface area contributed by atoms with Gasteiger partial charge in [-0.15, -0.1) is 0 Å². The zero-order valence-corrected chi connectivity index (χ0v) is 12.1. The molecule has 102 valence electrons. The zero-order chi connectivity index (χ0) is 13.4. The van der Waals surface area contributed by atoms with Crippen LogP contribution in [0.25, 0.3) is 0 Å². The van der Waals surface area contributed by atoms with Crippen LogP contribution in [-0.2, 0) is 4.74 Å². The Hall–Kier alpha value is -0.930. The molecular weight excluding hydrogens is 250 g/mol. The number of nitrogens with one attached hydrogen (secondary N) is 1. The number of rotatable bonds is 8. The number of anilines is 1. The second kappa shape index (κ2) is 8.22. The third-order valence-corrected chi connectivity index (χ3v) is 2.92. The van der Waals surface area contributed by atoms with Gasteiger partial charge >= 0.3 is 0 Å². The van der Waals surface area contributed by atoms with Crippen molar-refractivity contribution in [3.8, 4) is 5.75 Å². The van der Waals surface area contributed by atoms with Crippen LogP contribution in [-0.4, -0.2) is 26.4 Å². The molecule has 0 bridgehead atoms. The predicted molar refractivity (Wildman–Crippen MR) is 76.8 cm³/mol. The summed E-state index contributed by atoms with van der Waals surface area (Å²) in [6.45, 7) is 5.56. The topological polar surface area (TPSA) is 30.5 Å². The molecule has 0 aromatic heterocycles. The van der Waals surface area contributed by atoms with Crippen LogP contribution in [0.5, 0.6) is 5.75 Å². The third kappa shape index (κ3) is 4.75. The van der Waals surface area contributed by atoms with Crippen molar-refractivity contribution in [1.82, 2.24) is 0 Å². The molecule has 1 atom stereocenters. The van der Waals surface area contributed by atoms with E-state index in [2.05, 4.69) is 19.2 Å². The molecule has 0 fully saturated rings. The van der Waals surface area contributed by atoms with Gasteiger partial charge in [-0.1, -0.05) is 25.4 Å².